The molecule has 0 aromatic heterocycles. The van der Waals surface area contributed by atoms with Crippen LogP contribution in [0.25, 0.3) is 11.1 Å². The molecule has 24 heavy (non-hydrogen) atoms. The van der Waals surface area contributed by atoms with Crippen molar-refractivity contribution in [2.24, 2.45) is 0 Å². The number of halogens is 1. The average Bonchev–Trinajstić information content (AvgIpc) is 2.94. The Morgan fingerprint density at radius 3 is 2.58 bits per heavy atom. The maximum atomic E-state index is 13.4. The first-order chi connectivity index (χ1) is 11.6. The van der Waals surface area contributed by atoms with Gasteiger partial charge in [0.1, 0.15) is 5.82 Å². The molecule has 1 heterocycles. The second kappa shape index (κ2) is 7.11. The molecule has 1 aliphatic rings. The van der Waals surface area contributed by atoms with Gasteiger partial charge in [-0.2, -0.15) is 0 Å². The van der Waals surface area contributed by atoms with Crippen molar-refractivity contribution in [1.29, 1.82) is 0 Å². The SMILES string of the molecule is CO[C@@H]1CN(C)C[C@H]1NC(=O)c1cccc(-c2cccc(F)c2)c1. The lowest BCUT2D eigenvalue weighted by Crippen LogP contribution is -2.43. The van der Waals surface area contributed by atoms with Crippen molar-refractivity contribution in [3.8, 4) is 11.1 Å². The lowest BCUT2D eigenvalue weighted by atomic mass is 10.0. The Morgan fingerprint density at radius 1 is 1.17 bits per heavy atom. The normalized spacial score (nSPS) is 21.0. The highest BCUT2D eigenvalue weighted by Gasteiger charge is 2.32. The van der Waals surface area contributed by atoms with Crippen molar-refractivity contribution in [2.75, 3.05) is 27.2 Å². The number of likely N-dealkylation sites (tertiary alicyclic amines) is 1. The fourth-order valence-corrected chi connectivity index (χ4v) is 3.10. The molecule has 0 radical (unpaired) electrons. The zero-order valence-corrected chi connectivity index (χ0v) is 13.8. The number of likely N-dealkylation sites (N-methyl/N-ethyl adjacent to an activating group) is 1. The van der Waals surface area contributed by atoms with Crippen molar-refractivity contribution in [3.05, 3.63) is 59.9 Å². The Bertz CT molecular complexity index is 735. The van der Waals surface area contributed by atoms with Crippen LogP contribution in [-0.2, 0) is 4.74 Å². The summed E-state index contributed by atoms with van der Waals surface area (Å²) >= 11 is 0. The van der Waals surface area contributed by atoms with Crippen LogP contribution in [0, 0.1) is 5.82 Å². The molecule has 5 heteroatoms. The van der Waals surface area contributed by atoms with E-state index in [1.54, 1.807) is 25.3 Å². The first-order valence-electron chi connectivity index (χ1n) is 7.95. The third-order valence-corrected chi connectivity index (χ3v) is 4.35. The van der Waals surface area contributed by atoms with E-state index in [4.69, 9.17) is 4.74 Å². The standard InChI is InChI=1S/C19H21FN2O2/c1-22-11-17(18(12-22)24-2)21-19(23)15-7-3-5-13(9-15)14-6-4-8-16(20)10-14/h3-10,17-18H,11-12H2,1-2H3,(H,21,23)/t17-,18-/m1/s1. The predicted molar refractivity (Wildman–Crippen MR) is 91.4 cm³/mol. The van der Waals surface area contributed by atoms with Crippen molar-refractivity contribution in [1.82, 2.24) is 10.2 Å². The van der Waals surface area contributed by atoms with E-state index in [9.17, 15) is 9.18 Å². The Labute approximate surface area is 141 Å². The molecule has 1 amide bonds. The molecule has 0 unspecified atom stereocenters. The van der Waals surface area contributed by atoms with Crippen LogP contribution in [0.3, 0.4) is 0 Å². The molecule has 4 nitrogen and oxygen atoms in total. The van der Waals surface area contributed by atoms with E-state index in [2.05, 4.69) is 10.2 Å². The highest BCUT2D eigenvalue weighted by atomic mass is 19.1. The molecular weight excluding hydrogens is 307 g/mol. The van der Waals surface area contributed by atoms with Crippen molar-refractivity contribution >= 4 is 5.91 Å². The molecule has 1 fully saturated rings. The van der Waals surface area contributed by atoms with Gasteiger partial charge in [0.2, 0.25) is 0 Å². The van der Waals surface area contributed by atoms with E-state index in [1.807, 2.05) is 25.2 Å². The maximum Gasteiger partial charge on any atom is 0.251 e. The van der Waals surface area contributed by atoms with Crippen LogP contribution in [0.15, 0.2) is 48.5 Å². The Hall–Kier alpha value is -2.24. The first-order valence-corrected chi connectivity index (χ1v) is 7.95. The molecule has 1 N–H and O–H groups in total. The van der Waals surface area contributed by atoms with Gasteiger partial charge in [0, 0.05) is 25.8 Å². The number of nitrogens with zero attached hydrogens (tertiary/aromatic N) is 1. The van der Waals surface area contributed by atoms with Crippen LogP contribution in [-0.4, -0.2) is 50.2 Å². The quantitative estimate of drug-likeness (QED) is 0.938. The smallest absolute Gasteiger partial charge is 0.251 e. The third kappa shape index (κ3) is 3.63. The summed E-state index contributed by atoms with van der Waals surface area (Å²) in [4.78, 5) is 14.7. The van der Waals surface area contributed by atoms with Gasteiger partial charge in [-0.1, -0.05) is 24.3 Å². The molecule has 3 rings (SSSR count). The molecule has 1 aliphatic heterocycles. The van der Waals surface area contributed by atoms with E-state index in [0.717, 1.165) is 24.2 Å². The zero-order valence-electron chi connectivity index (χ0n) is 13.8. The number of methoxy groups -OCH3 is 1. The Kier molecular flexibility index (Phi) is 4.92. The van der Waals surface area contributed by atoms with E-state index in [0.29, 0.717) is 5.56 Å². The van der Waals surface area contributed by atoms with Gasteiger partial charge in [-0.05, 0) is 42.4 Å². The van der Waals surface area contributed by atoms with Gasteiger partial charge in [-0.3, -0.25) is 4.79 Å². The minimum absolute atomic E-state index is 0.00893. The van der Waals surface area contributed by atoms with Crippen molar-refractivity contribution < 1.29 is 13.9 Å². The Morgan fingerprint density at radius 2 is 1.88 bits per heavy atom. The highest BCUT2D eigenvalue weighted by Crippen LogP contribution is 2.21. The summed E-state index contributed by atoms with van der Waals surface area (Å²) in [5, 5.41) is 3.04. The number of hydrogen-bond donors (Lipinski definition) is 1. The summed E-state index contributed by atoms with van der Waals surface area (Å²) in [5.74, 6) is -0.435. The van der Waals surface area contributed by atoms with Crippen LogP contribution in [0.5, 0.6) is 0 Å². The molecule has 2 atom stereocenters. The third-order valence-electron chi connectivity index (χ3n) is 4.35. The second-order valence-corrected chi connectivity index (χ2v) is 6.17. The molecule has 0 spiro atoms. The van der Waals surface area contributed by atoms with Gasteiger partial charge >= 0.3 is 0 Å². The van der Waals surface area contributed by atoms with Crippen LogP contribution in [0.2, 0.25) is 0 Å². The summed E-state index contributed by atoms with van der Waals surface area (Å²) in [5.41, 5.74) is 2.12. The number of hydrogen-bond acceptors (Lipinski definition) is 3. The van der Waals surface area contributed by atoms with Gasteiger partial charge in [-0.25, -0.2) is 4.39 Å². The van der Waals surface area contributed by atoms with E-state index in [-0.39, 0.29) is 23.9 Å². The second-order valence-electron chi connectivity index (χ2n) is 6.17. The summed E-state index contributed by atoms with van der Waals surface area (Å²) in [6, 6.07) is 13.5. The fourth-order valence-electron chi connectivity index (χ4n) is 3.10. The van der Waals surface area contributed by atoms with Crippen LogP contribution in [0.4, 0.5) is 4.39 Å². The molecule has 0 saturated carbocycles. The minimum atomic E-state index is -0.292. The van der Waals surface area contributed by atoms with Crippen LogP contribution in [0.1, 0.15) is 10.4 Å². The number of benzene rings is 2. The Balaban J connectivity index is 1.77. The van der Waals surface area contributed by atoms with E-state index < -0.39 is 0 Å². The number of ether oxygens (including phenoxy) is 1. The number of carbonyl (C=O) groups excluding carboxylic acids is 1. The number of carbonyl (C=O) groups is 1. The summed E-state index contributed by atoms with van der Waals surface area (Å²) in [6.45, 7) is 1.55. The van der Waals surface area contributed by atoms with Crippen molar-refractivity contribution in [2.45, 2.75) is 12.1 Å². The molecule has 0 bridgehead atoms. The topological polar surface area (TPSA) is 41.6 Å². The van der Waals surface area contributed by atoms with Crippen molar-refractivity contribution in [3.63, 3.8) is 0 Å². The van der Waals surface area contributed by atoms with Crippen LogP contribution >= 0.6 is 0 Å². The van der Waals surface area contributed by atoms with Gasteiger partial charge in [0.15, 0.2) is 0 Å². The molecule has 1 saturated heterocycles. The molecular formula is C19H21FN2O2. The molecule has 126 valence electrons. The number of rotatable bonds is 4. The summed E-state index contributed by atoms with van der Waals surface area (Å²) in [6.07, 6.45) is -0.00893. The van der Waals surface area contributed by atoms with E-state index >= 15 is 0 Å². The monoisotopic (exact) mass is 328 g/mol. The number of nitrogens with one attached hydrogen (secondary N) is 1. The molecule has 0 aliphatic carbocycles. The molecule has 2 aromatic rings. The van der Waals surface area contributed by atoms with E-state index in [1.165, 1.54) is 12.1 Å². The number of amides is 1. The van der Waals surface area contributed by atoms with Gasteiger partial charge in [-0.15, -0.1) is 0 Å². The van der Waals surface area contributed by atoms with Gasteiger partial charge in [0.25, 0.3) is 5.91 Å². The summed E-state index contributed by atoms with van der Waals surface area (Å²) < 4.78 is 18.8. The predicted octanol–water partition coefficient (Wildman–Crippen LogP) is 2.55. The minimum Gasteiger partial charge on any atom is -0.378 e. The van der Waals surface area contributed by atoms with Crippen LogP contribution < -0.4 is 5.32 Å². The fraction of sp³-hybridized carbons (Fsp3) is 0.316. The first kappa shape index (κ1) is 16.6. The summed E-state index contributed by atoms with van der Waals surface area (Å²) in [7, 11) is 3.66. The van der Waals surface area contributed by atoms with Gasteiger partial charge in [0.05, 0.1) is 12.1 Å². The molecule has 2 aromatic carbocycles. The lowest BCUT2D eigenvalue weighted by Gasteiger charge is -2.18. The largest absolute Gasteiger partial charge is 0.378 e. The maximum absolute atomic E-state index is 13.4. The average molecular weight is 328 g/mol. The zero-order chi connectivity index (χ0) is 17.1. The highest BCUT2D eigenvalue weighted by molar-refractivity contribution is 5.95. The lowest BCUT2D eigenvalue weighted by molar-refractivity contribution is 0.0766. The van der Waals surface area contributed by atoms with Gasteiger partial charge < -0.3 is 15.0 Å².